The summed E-state index contributed by atoms with van der Waals surface area (Å²) in [6, 6.07) is 0. The van der Waals surface area contributed by atoms with E-state index in [0.717, 1.165) is 32.4 Å². The molecule has 0 aromatic heterocycles. The lowest BCUT2D eigenvalue weighted by atomic mass is 9.86. The summed E-state index contributed by atoms with van der Waals surface area (Å²) in [4.78, 5) is 13.9. The minimum atomic E-state index is -3.15. The number of hydrogen-bond acceptors (Lipinski definition) is 5. The number of ether oxygens (including phenoxy) is 2. The molecule has 3 aliphatic heterocycles. The molecule has 3 rings (SSSR count). The molecule has 0 aliphatic carbocycles. The zero-order chi connectivity index (χ0) is 17.2. The molecule has 7 nitrogen and oxygen atoms in total. The quantitative estimate of drug-likeness (QED) is 0.693. The van der Waals surface area contributed by atoms with Gasteiger partial charge in [-0.25, -0.2) is 8.42 Å². The van der Waals surface area contributed by atoms with Gasteiger partial charge >= 0.3 is 0 Å². The van der Waals surface area contributed by atoms with Crippen LogP contribution in [0.4, 0.5) is 0 Å². The average molecular weight is 360 g/mol. The van der Waals surface area contributed by atoms with Crippen LogP contribution in [-0.2, 0) is 24.3 Å². The second kappa shape index (κ2) is 7.27. The molecule has 24 heavy (non-hydrogen) atoms. The van der Waals surface area contributed by atoms with Gasteiger partial charge in [-0.3, -0.25) is 4.79 Å². The SMILES string of the molecule is CCCS(=O)(=O)N1CC2(C[C@H](OCC(=O)N3CCCC3)CCO2)C1. The molecular formula is C16H28N2O5S. The van der Waals surface area contributed by atoms with Gasteiger partial charge in [0.05, 0.1) is 17.5 Å². The van der Waals surface area contributed by atoms with Gasteiger partial charge in [-0.2, -0.15) is 4.31 Å². The summed E-state index contributed by atoms with van der Waals surface area (Å²) in [7, 11) is -3.15. The first-order valence-electron chi connectivity index (χ1n) is 8.95. The van der Waals surface area contributed by atoms with Crippen molar-refractivity contribution in [1.82, 2.24) is 9.21 Å². The fourth-order valence-electron chi connectivity index (χ4n) is 3.77. The minimum Gasteiger partial charge on any atom is -0.372 e. The van der Waals surface area contributed by atoms with Crippen LogP contribution in [0.2, 0.25) is 0 Å². The molecule has 138 valence electrons. The summed E-state index contributed by atoms with van der Waals surface area (Å²) in [5.41, 5.74) is -0.416. The van der Waals surface area contributed by atoms with Gasteiger partial charge in [-0.1, -0.05) is 6.92 Å². The predicted molar refractivity (Wildman–Crippen MR) is 89.1 cm³/mol. The van der Waals surface area contributed by atoms with Crippen LogP contribution in [0.1, 0.15) is 39.0 Å². The third kappa shape index (κ3) is 3.92. The maximum Gasteiger partial charge on any atom is 0.248 e. The number of carbonyl (C=O) groups excluding carboxylic acids is 1. The lowest BCUT2D eigenvalue weighted by Crippen LogP contribution is -2.67. The molecule has 8 heteroatoms. The number of sulfonamides is 1. The maximum absolute atomic E-state index is 12.1. The highest BCUT2D eigenvalue weighted by atomic mass is 32.2. The van der Waals surface area contributed by atoms with E-state index in [2.05, 4.69) is 0 Å². The second-order valence-electron chi connectivity index (χ2n) is 7.13. The molecule has 3 saturated heterocycles. The lowest BCUT2D eigenvalue weighted by molar-refractivity contribution is -0.181. The van der Waals surface area contributed by atoms with Gasteiger partial charge in [-0.05, 0) is 25.7 Å². The number of hydrogen-bond donors (Lipinski definition) is 0. The molecule has 1 amide bonds. The normalized spacial score (nSPS) is 27.4. The van der Waals surface area contributed by atoms with Gasteiger partial charge in [0.25, 0.3) is 0 Å². The summed E-state index contributed by atoms with van der Waals surface area (Å²) >= 11 is 0. The Labute approximate surface area is 144 Å². The summed E-state index contributed by atoms with van der Waals surface area (Å²) in [5, 5.41) is 0. The smallest absolute Gasteiger partial charge is 0.248 e. The van der Waals surface area contributed by atoms with Crippen molar-refractivity contribution in [3.05, 3.63) is 0 Å². The largest absolute Gasteiger partial charge is 0.372 e. The van der Waals surface area contributed by atoms with Gasteiger partial charge in [0, 0.05) is 39.2 Å². The molecule has 1 spiro atoms. The molecule has 0 radical (unpaired) electrons. The highest BCUT2D eigenvalue weighted by molar-refractivity contribution is 7.89. The van der Waals surface area contributed by atoms with Crippen molar-refractivity contribution in [2.75, 3.05) is 45.1 Å². The summed E-state index contributed by atoms with van der Waals surface area (Å²) in [6.07, 6.45) is 4.18. The third-order valence-corrected chi connectivity index (χ3v) is 7.10. The van der Waals surface area contributed by atoms with Crippen LogP contribution >= 0.6 is 0 Å². The van der Waals surface area contributed by atoms with E-state index < -0.39 is 15.6 Å². The Morgan fingerprint density at radius 3 is 2.67 bits per heavy atom. The number of rotatable bonds is 6. The number of nitrogens with zero attached hydrogens (tertiary/aromatic N) is 2. The van der Waals surface area contributed by atoms with Crippen molar-refractivity contribution >= 4 is 15.9 Å². The monoisotopic (exact) mass is 360 g/mol. The van der Waals surface area contributed by atoms with E-state index in [1.807, 2.05) is 11.8 Å². The van der Waals surface area contributed by atoms with Gasteiger partial charge in [-0.15, -0.1) is 0 Å². The Kier molecular flexibility index (Phi) is 5.48. The van der Waals surface area contributed by atoms with Gasteiger partial charge in [0.1, 0.15) is 6.61 Å². The van der Waals surface area contributed by atoms with Crippen LogP contribution in [-0.4, -0.2) is 80.4 Å². The molecule has 1 atom stereocenters. The van der Waals surface area contributed by atoms with Crippen molar-refractivity contribution in [2.24, 2.45) is 0 Å². The first-order valence-corrected chi connectivity index (χ1v) is 10.6. The molecule has 0 bridgehead atoms. The third-order valence-electron chi connectivity index (χ3n) is 5.13. The van der Waals surface area contributed by atoms with E-state index in [-0.39, 0.29) is 24.4 Å². The van der Waals surface area contributed by atoms with E-state index in [0.29, 0.717) is 32.5 Å². The number of carbonyl (C=O) groups is 1. The van der Waals surface area contributed by atoms with Crippen LogP contribution in [0.25, 0.3) is 0 Å². The molecule has 3 aliphatic rings. The average Bonchev–Trinajstić information content (AvgIpc) is 3.05. The first-order chi connectivity index (χ1) is 11.4. The van der Waals surface area contributed by atoms with Crippen LogP contribution in [0.3, 0.4) is 0 Å². The zero-order valence-corrected chi connectivity index (χ0v) is 15.2. The summed E-state index contributed by atoms with van der Waals surface area (Å²) in [5.74, 6) is 0.252. The topological polar surface area (TPSA) is 76.2 Å². The Morgan fingerprint density at radius 1 is 1.29 bits per heavy atom. The summed E-state index contributed by atoms with van der Waals surface area (Å²) < 4.78 is 37.3. The van der Waals surface area contributed by atoms with Crippen LogP contribution in [0, 0.1) is 0 Å². The van der Waals surface area contributed by atoms with Gasteiger partial charge < -0.3 is 14.4 Å². The van der Waals surface area contributed by atoms with E-state index in [9.17, 15) is 13.2 Å². The molecule has 0 aromatic rings. The predicted octanol–water partition coefficient (Wildman–Crippen LogP) is 0.599. The lowest BCUT2D eigenvalue weighted by Gasteiger charge is -2.52. The van der Waals surface area contributed by atoms with E-state index in [1.165, 1.54) is 4.31 Å². The summed E-state index contributed by atoms with van der Waals surface area (Å²) in [6.45, 7) is 5.05. The number of likely N-dealkylation sites (tertiary alicyclic amines) is 1. The van der Waals surface area contributed by atoms with Gasteiger partial charge in [0.15, 0.2) is 0 Å². The molecule has 3 heterocycles. The van der Waals surface area contributed by atoms with Crippen LogP contribution < -0.4 is 0 Å². The fraction of sp³-hybridized carbons (Fsp3) is 0.938. The van der Waals surface area contributed by atoms with Crippen molar-refractivity contribution < 1.29 is 22.7 Å². The van der Waals surface area contributed by atoms with Crippen LogP contribution in [0.15, 0.2) is 0 Å². The Bertz CT molecular complexity index is 553. The standard InChI is InChI=1S/C16H28N2O5S/c1-2-9-24(20,21)18-12-16(13-18)10-14(5-8-23-16)22-11-15(19)17-6-3-4-7-17/h14H,2-13H2,1H3/t14-/m1/s1. The minimum absolute atomic E-state index is 0.0265. The molecule has 0 saturated carbocycles. The van der Waals surface area contributed by atoms with Crippen molar-refractivity contribution in [1.29, 1.82) is 0 Å². The molecular weight excluding hydrogens is 332 g/mol. The Morgan fingerprint density at radius 2 is 2.00 bits per heavy atom. The zero-order valence-electron chi connectivity index (χ0n) is 14.4. The van der Waals surface area contributed by atoms with Gasteiger partial charge in [0.2, 0.25) is 15.9 Å². The molecule has 0 N–H and O–H groups in total. The molecule has 0 unspecified atom stereocenters. The van der Waals surface area contributed by atoms with Crippen LogP contribution in [0.5, 0.6) is 0 Å². The van der Waals surface area contributed by atoms with Crippen molar-refractivity contribution in [2.45, 2.75) is 50.7 Å². The van der Waals surface area contributed by atoms with Crippen molar-refractivity contribution in [3.63, 3.8) is 0 Å². The first kappa shape index (κ1) is 18.1. The highest BCUT2D eigenvalue weighted by Crippen LogP contribution is 2.37. The maximum atomic E-state index is 12.1. The van der Waals surface area contributed by atoms with Crippen molar-refractivity contribution in [3.8, 4) is 0 Å². The Hall–Kier alpha value is -0.700. The number of amides is 1. The van der Waals surface area contributed by atoms with E-state index in [1.54, 1.807) is 0 Å². The molecule has 0 aromatic carbocycles. The fourth-order valence-corrected chi connectivity index (χ4v) is 5.41. The second-order valence-corrected chi connectivity index (χ2v) is 9.22. The van der Waals surface area contributed by atoms with E-state index in [4.69, 9.17) is 9.47 Å². The van der Waals surface area contributed by atoms with E-state index >= 15 is 0 Å². The molecule has 3 fully saturated rings. The Balaban J connectivity index is 1.46. The highest BCUT2D eigenvalue weighted by Gasteiger charge is 2.51.